The molecule has 1 aliphatic rings. The van der Waals surface area contributed by atoms with Crippen LogP contribution in [-0.4, -0.2) is 29.7 Å². The van der Waals surface area contributed by atoms with Crippen LogP contribution in [-0.2, 0) is 4.79 Å². The minimum absolute atomic E-state index is 0.324. The van der Waals surface area contributed by atoms with Gasteiger partial charge in [-0.05, 0) is 37.6 Å². The smallest absolute Gasteiger partial charge is 0.257 e. The molecule has 86 valence electrons. The first-order valence-corrected chi connectivity index (χ1v) is 5.41. The Labute approximate surface area is 94.7 Å². The van der Waals surface area contributed by atoms with Crippen molar-refractivity contribution >= 4 is 11.6 Å². The van der Waals surface area contributed by atoms with Gasteiger partial charge in [0.2, 0.25) is 0 Å². The van der Waals surface area contributed by atoms with Crippen LogP contribution >= 0.6 is 0 Å². The molecule has 4 nitrogen and oxygen atoms in total. The molecule has 1 atom stereocenters. The van der Waals surface area contributed by atoms with Crippen LogP contribution < -0.4 is 10.6 Å². The highest BCUT2D eigenvalue weighted by Gasteiger charge is 2.38. The average Bonchev–Trinajstić information content (AvgIpc) is 2.66. The Morgan fingerprint density at radius 3 is 3.00 bits per heavy atom. The van der Waals surface area contributed by atoms with Gasteiger partial charge in [0.05, 0.1) is 0 Å². The van der Waals surface area contributed by atoms with E-state index in [0.29, 0.717) is 19.5 Å². The summed E-state index contributed by atoms with van der Waals surface area (Å²) in [6.07, 6.45) is 0.463. The summed E-state index contributed by atoms with van der Waals surface area (Å²) in [5, 5.41) is 15.7. The van der Waals surface area contributed by atoms with E-state index in [4.69, 9.17) is 0 Å². The number of anilines is 1. The van der Waals surface area contributed by atoms with Gasteiger partial charge in [-0.3, -0.25) is 4.79 Å². The number of aryl methyl sites for hydroxylation is 1. The molecule has 1 heterocycles. The number of aliphatic hydroxyl groups is 1. The minimum Gasteiger partial charge on any atom is -0.379 e. The van der Waals surface area contributed by atoms with E-state index >= 15 is 0 Å². The van der Waals surface area contributed by atoms with Gasteiger partial charge < -0.3 is 15.7 Å². The Morgan fingerprint density at radius 1 is 1.56 bits per heavy atom. The SMILES string of the molecule is Cc1cccc(NC(=O)C2(O)CCNC2)c1. The van der Waals surface area contributed by atoms with E-state index in [9.17, 15) is 9.90 Å². The summed E-state index contributed by atoms with van der Waals surface area (Å²) < 4.78 is 0. The standard InChI is InChI=1S/C12H16N2O2/c1-9-3-2-4-10(7-9)14-11(15)12(16)5-6-13-8-12/h2-4,7,13,16H,5-6,8H2,1H3,(H,14,15). The van der Waals surface area contributed by atoms with Crippen molar-refractivity contribution in [3.05, 3.63) is 29.8 Å². The second kappa shape index (κ2) is 4.23. The van der Waals surface area contributed by atoms with Crippen molar-refractivity contribution in [1.82, 2.24) is 5.32 Å². The molecule has 0 bridgehead atoms. The molecular weight excluding hydrogens is 204 g/mol. The van der Waals surface area contributed by atoms with Gasteiger partial charge in [-0.25, -0.2) is 0 Å². The first-order chi connectivity index (χ1) is 7.60. The lowest BCUT2D eigenvalue weighted by molar-refractivity contribution is -0.132. The Kier molecular flexibility index (Phi) is 2.94. The molecule has 1 unspecified atom stereocenters. The second-order valence-electron chi connectivity index (χ2n) is 4.28. The van der Waals surface area contributed by atoms with Gasteiger partial charge in [-0.15, -0.1) is 0 Å². The highest BCUT2D eigenvalue weighted by atomic mass is 16.3. The second-order valence-corrected chi connectivity index (χ2v) is 4.28. The van der Waals surface area contributed by atoms with E-state index in [1.807, 2.05) is 31.2 Å². The molecule has 1 aromatic carbocycles. The molecule has 1 aliphatic heterocycles. The Hall–Kier alpha value is -1.39. The molecule has 0 aliphatic carbocycles. The maximum Gasteiger partial charge on any atom is 0.257 e. The van der Waals surface area contributed by atoms with Crippen LogP contribution in [0.1, 0.15) is 12.0 Å². The molecule has 3 N–H and O–H groups in total. The van der Waals surface area contributed by atoms with Gasteiger partial charge >= 0.3 is 0 Å². The molecule has 0 aromatic heterocycles. The maximum absolute atomic E-state index is 11.8. The summed E-state index contributed by atoms with van der Waals surface area (Å²) in [5.74, 6) is -0.330. The summed E-state index contributed by atoms with van der Waals surface area (Å²) in [6.45, 7) is 2.96. The van der Waals surface area contributed by atoms with Gasteiger partial charge in [0.25, 0.3) is 5.91 Å². The third-order valence-electron chi connectivity index (χ3n) is 2.83. The van der Waals surface area contributed by atoms with E-state index in [0.717, 1.165) is 11.3 Å². The van der Waals surface area contributed by atoms with E-state index in [1.165, 1.54) is 0 Å². The first kappa shape index (κ1) is 11.1. The van der Waals surface area contributed by atoms with Crippen LogP contribution in [0, 0.1) is 6.92 Å². The molecule has 4 heteroatoms. The number of carbonyl (C=O) groups is 1. The summed E-state index contributed by atoms with van der Waals surface area (Å²) in [4.78, 5) is 11.8. The largest absolute Gasteiger partial charge is 0.379 e. The predicted octanol–water partition coefficient (Wildman–Crippen LogP) is 0.658. The number of benzene rings is 1. The van der Waals surface area contributed by atoms with Crippen LogP contribution in [0.5, 0.6) is 0 Å². The fourth-order valence-corrected chi connectivity index (χ4v) is 1.84. The number of β-amino-alcohol motifs (C(OH)–C–C–N with tert-alkyl or cyclic N) is 1. The average molecular weight is 220 g/mol. The van der Waals surface area contributed by atoms with Crippen molar-refractivity contribution in [2.75, 3.05) is 18.4 Å². The molecule has 1 aromatic rings. The topological polar surface area (TPSA) is 61.4 Å². The van der Waals surface area contributed by atoms with Crippen molar-refractivity contribution in [1.29, 1.82) is 0 Å². The molecule has 0 saturated carbocycles. The lowest BCUT2D eigenvalue weighted by atomic mass is 10.0. The lowest BCUT2D eigenvalue weighted by Gasteiger charge is -2.20. The summed E-state index contributed by atoms with van der Waals surface area (Å²) >= 11 is 0. The van der Waals surface area contributed by atoms with Gasteiger partial charge in [0.1, 0.15) is 0 Å². The molecular formula is C12H16N2O2. The van der Waals surface area contributed by atoms with E-state index in [1.54, 1.807) is 0 Å². The molecule has 1 fully saturated rings. The fourth-order valence-electron chi connectivity index (χ4n) is 1.84. The zero-order chi connectivity index (χ0) is 11.6. The highest BCUT2D eigenvalue weighted by molar-refractivity contribution is 5.97. The number of hydrogen-bond acceptors (Lipinski definition) is 3. The summed E-state index contributed by atoms with van der Waals surface area (Å²) in [5.41, 5.74) is 0.545. The Bertz CT molecular complexity index is 398. The minimum atomic E-state index is -1.26. The van der Waals surface area contributed by atoms with E-state index in [-0.39, 0.29) is 5.91 Å². The monoisotopic (exact) mass is 220 g/mol. The molecule has 16 heavy (non-hydrogen) atoms. The Morgan fingerprint density at radius 2 is 2.38 bits per heavy atom. The normalized spacial score (nSPS) is 24.4. The zero-order valence-corrected chi connectivity index (χ0v) is 9.29. The molecule has 0 radical (unpaired) electrons. The summed E-state index contributed by atoms with van der Waals surface area (Å²) in [7, 11) is 0. The quantitative estimate of drug-likeness (QED) is 0.686. The van der Waals surface area contributed by atoms with Crippen LogP contribution in [0.3, 0.4) is 0 Å². The van der Waals surface area contributed by atoms with Crippen LogP contribution in [0.2, 0.25) is 0 Å². The van der Waals surface area contributed by atoms with E-state index in [2.05, 4.69) is 10.6 Å². The first-order valence-electron chi connectivity index (χ1n) is 5.41. The van der Waals surface area contributed by atoms with Crippen molar-refractivity contribution < 1.29 is 9.90 Å². The van der Waals surface area contributed by atoms with Crippen molar-refractivity contribution in [2.45, 2.75) is 18.9 Å². The molecule has 1 saturated heterocycles. The van der Waals surface area contributed by atoms with Gasteiger partial charge in [0.15, 0.2) is 5.60 Å². The van der Waals surface area contributed by atoms with Crippen molar-refractivity contribution in [2.24, 2.45) is 0 Å². The molecule has 1 amide bonds. The van der Waals surface area contributed by atoms with E-state index < -0.39 is 5.60 Å². The Balaban J connectivity index is 2.07. The third kappa shape index (κ3) is 2.23. The lowest BCUT2D eigenvalue weighted by Crippen LogP contribution is -2.44. The van der Waals surface area contributed by atoms with Gasteiger partial charge in [-0.2, -0.15) is 0 Å². The third-order valence-corrected chi connectivity index (χ3v) is 2.83. The van der Waals surface area contributed by atoms with Crippen molar-refractivity contribution in [3.8, 4) is 0 Å². The number of amides is 1. The number of hydrogen-bond donors (Lipinski definition) is 3. The molecule has 0 spiro atoms. The number of rotatable bonds is 2. The van der Waals surface area contributed by atoms with Crippen LogP contribution in [0.25, 0.3) is 0 Å². The van der Waals surface area contributed by atoms with Crippen molar-refractivity contribution in [3.63, 3.8) is 0 Å². The molecule has 2 rings (SSSR count). The van der Waals surface area contributed by atoms with Gasteiger partial charge in [0, 0.05) is 12.2 Å². The zero-order valence-electron chi connectivity index (χ0n) is 9.29. The number of carbonyl (C=O) groups excluding carboxylic acids is 1. The maximum atomic E-state index is 11.8. The van der Waals surface area contributed by atoms with Gasteiger partial charge in [-0.1, -0.05) is 12.1 Å². The predicted molar refractivity (Wildman–Crippen MR) is 62.2 cm³/mol. The fraction of sp³-hybridized carbons (Fsp3) is 0.417. The summed E-state index contributed by atoms with van der Waals surface area (Å²) in [6, 6.07) is 7.53. The van der Waals surface area contributed by atoms with Crippen LogP contribution in [0.15, 0.2) is 24.3 Å². The number of nitrogens with one attached hydrogen (secondary N) is 2. The van der Waals surface area contributed by atoms with Crippen LogP contribution in [0.4, 0.5) is 5.69 Å². The highest BCUT2D eigenvalue weighted by Crippen LogP contribution is 2.18.